The molecule has 208 valence electrons. The summed E-state index contributed by atoms with van der Waals surface area (Å²) in [5.41, 5.74) is 4.18. The van der Waals surface area contributed by atoms with Crippen LogP contribution in [0.2, 0.25) is 0 Å². The molecule has 0 amide bonds. The Bertz CT molecular complexity index is 1170. The van der Waals surface area contributed by atoms with E-state index in [2.05, 4.69) is 53.7 Å². The van der Waals surface area contributed by atoms with Gasteiger partial charge in [-0.1, -0.05) is 65.0 Å². The fourth-order valence-corrected chi connectivity index (χ4v) is 5.54. The minimum absolute atomic E-state index is 0.0983. The van der Waals surface area contributed by atoms with E-state index in [0.29, 0.717) is 18.8 Å². The van der Waals surface area contributed by atoms with Gasteiger partial charge >= 0.3 is 5.97 Å². The number of esters is 1. The summed E-state index contributed by atoms with van der Waals surface area (Å²) in [6.45, 7) is 22.5. The number of hydrogen-bond donors (Lipinski definition) is 0. The predicted molar refractivity (Wildman–Crippen MR) is 155 cm³/mol. The van der Waals surface area contributed by atoms with Crippen LogP contribution in [0, 0.1) is 22.7 Å². The van der Waals surface area contributed by atoms with Gasteiger partial charge in [0, 0.05) is 17.3 Å². The van der Waals surface area contributed by atoms with Crippen molar-refractivity contribution in [1.82, 2.24) is 0 Å². The molecule has 0 bridgehead atoms. The number of ether oxygens (including phenoxy) is 2. The molecule has 3 rings (SSSR count). The summed E-state index contributed by atoms with van der Waals surface area (Å²) in [4.78, 5) is 26.2. The first-order valence-electron chi connectivity index (χ1n) is 14.1. The second-order valence-electron chi connectivity index (χ2n) is 13.8. The summed E-state index contributed by atoms with van der Waals surface area (Å²) < 4.78 is 12.4. The van der Waals surface area contributed by atoms with Gasteiger partial charge in [-0.05, 0) is 95.1 Å². The Morgan fingerprint density at radius 2 is 1.42 bits per heavy atom. The zero-order chi connectivity index (χ0) is 28.6. The maximum Gasteiger partial charge on any atom is 0.320 e. The van der Waals surface area contributed by atoms with Gasteiger partial charge in [-0.15, -0.1) is 0 Å². The van der Waals surface area contributed by atoms with Gasteiger partial charge in [-0.2, -0.15) is 0 Å². The van der Waals surface area contributed by atoms with Gasteiger partial charge in [0.2, 0.25) is 0 Å². The Labute approximate surface area is 230 Å². The van der Waals surface area contributed by atoms with E-state index < -0.39 is 10.8 Å². The molecule has 0 N–H and O–H groups in total. The monoisotopic (exact) mass is 520 g/mol. The van der Waals surface area contributed by atoms with Gasteiger partial charge in [-0.3, -0.25) is 9.59 Å². The zero-order valence-electron chi connectivity index (χ0n) is 25.5. The van der Waals surface area contributed by atoms with E-state index >= 15 is 0 Å². The predicted octanol–water partition coefficient (Wildman–Crippen LogP) is 8.72. The summed E-state index contributed by atoms with van der Waals surface area (Å²) in [5, 5.41) is 0. The molecule has 4 nitrogen and oxygen atoms in total. The second kappa shape index (κ2) is 10.9. The fourth-order valence-electron chi connectivity index (χ4n) is 5.54. The van der Waals surface area contributed by atoms with Crippen LogP contribution < -0.4 is 0 Å². The Morgan fingerprint density at radius 1 is 0.895 bits per heavy atom. The Kier molecular flexibility index (Phi) is 8.56. The lowest BCUT2D eigenvalue weighted by Crippen LogP contribution is -2.30. The highest BCUT2D eigenvalue weighted by atomic mass is 16.5. The van der Waals surface area contributed by atoms with E-state index in [1.807, 2.05) is 52.8 Å². The van der Waals surface area contributed by atoms with Crippen LogP contribution >= 0.6 is 0 Å². The van der Waals surface area contributed by atoms with Crippen LogP contribution in [0.4, 0.5) is 0 Å². The van der Waals surface area contributed by atoms with Crippen LogP contribution in [-0.2, 0) is 19.1 Å². The van der Waals surface area contributed by atoms with Crippen molar-refractivity contribution < 1.29 is 19.1 Å². The molecule has 0 spiro atoms. The van der Waals surface area contributed by atoms with E-state index in [1.165, 1.54) is 16.7 Å². The molecule has 3 aliphatic carbocycles. The van der Waals surface area contributed by atoms with Gasteiger partial charge in [0.25, 0.3) is 0 Å². The third-order valence-electron chi connectivity index (χ3n) is 7.65. The normalized spacial score (nSPS) is 26.9. The van der Waals surface area contributed by atoms with Crippen LogP contribution in [0.25, 0.3) is 0 Å². The third-order valence-corrected chi connectivity index (χ3v) is 7.65. The average Bonchev–Trinajstić information content (AvgIpc) is 2.99. The Hall–Kier alpha value is -2.62. The lowest BCUT2D eigenvalue weighted by molar-refractivity contribution is -0.149. The minimum Gasteiger partial charge on any atom is -0.492 e. The molecule has 4 heteroatoms. The Morgan fingerprint density at radius 3 is 1.89 bits per heavy atom. The van der Waals surface area contributed by atoms with E-state index in [0.717, 1.165) is 35.5 Å². The van der Waals surface area contributed by atoms with E-state index in [4.69, 9.17) is 9.47 Å². The molecule has 0 radical (unpaired) electrons. The molecule has 0 aromatic heterocycles. The first-order valence-corrected chi connectivity index (χ1v) is 14.1. The molecule has 0 aliphatic heterocycles. The van der Waals surface area contributed by atoms with Gasteiger partial charge in [0.15, 0.2) is 5.78 Å². The largest absolute Gasteiger partial charge is 0.492 e. The highest BCUT2D eigenvalue weighted by molar-refractivity contribution is 5.99. The van der Waals surface area contributed by atoms with Gasteiger partial charge in [0.05, 0.1) is 5.41 Å². The first kappa shape index (κ1) is 29.9. The first-order chi connectivity index (χ1) is 17.4. The standard InChI is InChI=1S/C34H48O4/c1-21-17-26(27-19-23(3)29(24(4)20-27)38-33(8,9)10)18-22(2)28(21)37-31(36)34(11)15-12-13-25(14-16-34)30(35)32(5,6)7/h12-13,15,17,19,22,24H,14,16,18,20H2,1-11H3. The smallest absolute Gasteiger partial charge is 0.320 e. The number of ketones is 1. The minimum atomic E-state index is -0.778. The molecule has 3 aliphatic rings. The lowest BCUT2D eigenvalue weighted by atomic mass is 9.79. The molecule has 38 heavy (non-hydrogen) atoms. The van der Waals surface area contributed by atoms with Crippen LogP contribution in [-0.4, -0.2) is 17.4 Å². The highest BCUT2D eigenvalue weighted by Crippen LogP contribution is 2.42. The average molecular weight is 521 g/mol. The van der Waals surface area contributed by atoms with Crippen molar-refractivity contribution in [2.45, 2.75) is 107 Å². The molecule has 0 aromatic carbocycles. The number of rotatable bonds is 5. The van der Waals surface area contributed by atoms with E-state index in [-0.39, 0.29) is 23.3 Å². The quantitative estimate of drug-likeness (QED) is 0.340. The van der Waals surface area contributed by atoms with Crippen molar-refractivity contribution >= 4 is 11.8 Å². The number of allylic oxidation sites excluding steroid dienone is 11. The van der Waals surface area contributed by atoms with Crippen molar-refractivity contribution in [3.8, 4) is 0 Å². The van der Waals surface area contributed by atoms with Crippen molar-refractivity contribution in [3.63, 3.8) is 0 Å². The molecular formula is C34H48O4. The van der Waals surface area contributed by atoms with Crippen LogP contribution in [0.5, 0.6) is 0 Å². The third kappa shape index (κ3) is 6.87. The van der Waals surface area contributed by atoms with Crippen molar-refractivity contribution in [2.24, 2.45) is 22.7 Å². The van der Waals surface area contributed by atoms with Crippen LogP contribution in [0.3, 0.4) is 0 Å². The molecule has 0 saturated carbocycles. The maximum atomic E-state index is 13.5. The molecular weight excluding hydrogens is 472 g/mol. The van der Waals surface area contributed by atoms with Gasteiger partial charge in [-0.25, -0.2) is 0 Å². The topological polar surface area (TPSA) is 52.6 Å². The van der Waals surface area contributed by atoms with Gasteiger partial charge in [0.1, 0.15) is 17.1 Å². The summed E-state index contributed by atoms with van der Waals surface area (Å²) in [5.74, 6) is 2.13. The Balaban J connectivity index is 1.78. The highest BCUT2D eigenvalue weighted by Gasteiger charge is 2.37. The fraction of sp³-hybridized carbons (Fsp3) is 0.588. The van der Waals surface area contributed by atoms with Crippen LogP contribution in [0.15, 0.2) is 69.8 Å². The summed E-state index contributed by atoms with van der Waals surface area (Å²) in [6.07, 6.45) is 12.9. The second-order valence-corrected chi connectivity index (χ2v) is 13.8. The van der Waals surface area contributed by atoms with E-state index in [9.17, 15) is 9.59 Å². The van der Waals surface area contributed by atoms with Crippen molar-refractivity contribution in [1.29, 1.82) is 0 Å². The molecule has 0 fully saturated rings. The van der Waals surface area contributed by atoms with Crippen molar-refractivity contribution in [3.05, 3.63) is 69.8 Å². The molecule has 0 saturated heterocycles. The number of Topliss-reactive ketones (excluding diaryl/α,β-unsaturated/α-hetero) is 1. The molecule has 0 heterocycles. The van der Waals surface area contributed by atoms with E-state index in [1.54, 1.807) is 0 Å². The molecule has 3 atom stereocenters. The number of hydrogen-bond acceptors (Lipinski definition) is 4. The summed E-state index contributed by atoms with van der Waals surface area (Å²) >= 11 is 0. The van der Waals surface area contributed by atoms with Crippen molar-refractivity contribution in [2.75, 3.05) is 0 Å². The van der Waals surface area contributed by atoms with Gasteiger partial charge < -0.3 is 9.47 Å². The number of carbonyl (C=O) groups excluding carboxylic acids is 2. The lowest BCUT2D eigenvalue weighted by Gasteiger charge is -2.33. The summed E-state index contributed by atoms with van der Waals surface area (Å²) in [6, 6.07) is 0. The maximum absolute atomic E-state index is 13.5. The SMILES string of the molecule is CC1=C(OC(=O)C2(C)C=CC=C(C(=O)C(C)(C)C)CC2)C(C)CC(C2=CC(C)=C(OC(C)(C)C)C(C)C2)=C1. The summed E-state index contributed by atoms with van der Waals surface area (Å²) in [7, 11) is 0. The zero-order valence-corrected chi connectivity index (χ0v) is 25.5. The molecule has 0 aromatic rings. The number of carbonyl (C=O) groups is 2. The van der Waals surface area contributed by atoms with Crippen LogP contribution in [0.1, 0.15) is 102 Å². The molecule has 3 unspecified atom stereocenters.